The lowest BCUT2D eigenvalue weighted by atomic mass is 10.1. The summed E-state index contributed by atoms with van der Waals surface area (Å²) in [6, 6.07) is 6.81. The first-order valence-corrected chi connectivity index (χ1v) is 7.95. The van der Waals surface area contributed by atoms with Gasteiger partial charge in [0.2, 0.25) is 0 Å². The summed E-state index contributed by atoms with van der Waals surface area (Å²) in [5.41, 5.74) is 6.51. The third kappa shape index (κ3) is 4.85. The molecule has 0 saturated carbocycles. The molecule has 0 unspecified atom stereocenters. The van der Waals surface area contributed by atoms with Crippen LogP contribution >= 0.6 is 11.6 Å². The van der Waals surface area contributed by atoms with Crippen LogP contribution in [0.1, 0.15) is 15.9 Å². The number of nitro benzene ring substituents is 1. The van der Waals surface area contributed by atoms with E-state index in [1.165, 1.54) is 37.4 Å². The summed E-state index contributed by atoms with van der Waals surface area (Å²) in [6.45, 7) is 1.03. The van der Waals surface area contributed by atoms with Crippen molar-refractivity contribution in [3.63, 3.8) is 0 Å². The number of hydrogen-bond donors (Lipinski definition) is 2. The number of halogens is 1. The fraction of sp³-hybridized carbons (Fsp3) is 0.176. The minimum atomic E-state index is -0.744. The van der Waals surface area contributed by atoms with Crippen LogP contribution in [0.3, 0.4) is 0 Å². The number of nitrogens with one attached hydrogen (secondary N) is 1. The number of nitro groups is 1. The van der Waals surface area contributed by atoms with Gasteiger partial charge in [-0.2, -0.15) is 0 Å². The lowest BCUT2D eigenvalue weighted by Gasteiger charge is -2.11. The number of nitrogen functional groups attached to an aromatic ring is 1. The summed E-state index contributed by atoms with van der Waals surface area (Å²) >= 11 is 5.78. The van der Waals surface area contributed by atoms with Crippen molar-refractivity contribution >= 4 is 40.5 Å². The van der Waals surface area contributed by atoms with Gasteiger partial charge in [0.15, 0.2) is 12.4 Å². The number of rotatable bonds is 6. The highest BCUT2D eigenvalue weighted by molar-refractivity contribution is 6.33. The summed E-state index contributed by atoms with van der Waals surface area (Å²) in [4.78, 5) is 34.4. The third-order valence-electron chi connectivity index (χ3n) is 3.56. The van der Waals surface area contributed by atoms with Crippen molar-refractivity contribution < 1.29 is 24.0 Å². The minimum absolute atomic E-state index is 0.00506. The molecule has 27 heavy (non-hydrogen) atoms. The summed E-state index contributed by atoms with van der Waals surface area (Å²) in [7, 11) is 1.28. The molecule has 0 heterocycles. The van der Waals surface area contributed by atoms with E-state index in [1.54, 1.807) is 6.92 Å². The Hall–Kier alpha value is -3.33. The smallest absolute Gasteiger partial charge is 0.338 e. The summed E-state index contributed by atoms with van der Waals surface area (Å²) < 4.78 is 9.89. The lowest BCUT2D eigenvalue weighted by molar-refractivity contribution is -0.385. The molecule has 3 N–H and O–H groups in total. The highest BCUT2D eigenvalue weighted by Gasteiger charge is 2.19. The Bertz CT molecular complexity index is 916. The number of amides is 1. The first kappa shape index (κ1) is 20.0. The molecule has 9 nitrogen and oxygen atoms in total. The number of hydrogen-bond acceptors (Lipinski definition) is 7. The number of ether oxygens (including phenoxy) is 2. The highest BCUT2D eigenvalue weighted by atomic mass is 35.5. The van der Waals surface area contributed by atoms with E-state index in [0.29, 0.717) is 16.3 Å². The SMILES string of the molecule is COc1cc(NC(=O)COC(=O)c2ccc(Cl)c(N)c2)c(C)cc1[N+](=O)[O-]. The second-order valence-corrected chi connectivity index (χ2v) is 5.86. The van der Waals surface area contributed by atoms with E-state index in [9.17, 15) is 19.7 Å². The molecule has 0 fully saturated rings. The topological polar surface area (TPSA) is 134 Å². The molecular formula is C17H16ClN3O6. The number of nitrogens with two attached hydrogens (primary N) is 1. The number of anilines is 2. The van der Waals surface area contributed by atoms with Gasteiger partial charge in [-0.25, -0.2) is 4.79 Å². The second kappa shape index (κ2) is 8.37. The van der Waals surface area contributed by atoms with Gasteiger partial charge < -0.3 is 20.5 Å². The standard InChI is InChI=1S/C17H16ClN3O6/c1-9-5-14(21(24)25)15(26-2)7-13(9)20-16(22)8-27-17(23)10-3-4-11(18)12(19)6-10/h3-7H,8,19H2,1-2H3,(H,20,22). The molecule has 0 aliphatic heterocycles. The van der Waals surface area contributed by atoms with Crippen LogP contribution in [-0.4, -0.2) is 30.5 Å². The second-order valence-electron chi connectivity index (χ2n) is 5.46. The Kier molecular flexibility index (Phi) is 6.19. The van der Waals surface area contributed by atoms with Gasteiger partial charge in [-0.1, -0.05) is 11.6 Å². The van der Waals surface area contributed by atoms with Gasteiger partial charge in [-0.3, -0.25) is 14.9 Å². The Morgan fingerprint density at radius 3 is 2.59 bits per heavy atom. The molecule has 0 radical (unpaired) electrons. The fourth-order valence-corrected chi connectivity index (χ4v) is 2.30. The quantitative estimate of drug-likeness (QED) is 0.333. The average molecular weight is 394 g/mol. The zero-order valence-corrected chi connectivity index (χ0v) is 15.2. The van der Waals surface area contributed by atoms with E-state index in [1.807, 2.05) is 0 Å². The largest absolute Gasteiger partial charge is 0.490 e. The molecule has 1 amide bonds. The van der Waals surface area contributed by atoms with Gasteiger partial charge in [0, 0.05) is 17.8 Å². The summed E-state index contributed by atoms with van der Waals surface area (Å²) in [5, 5.41) is 13.8. The molecule has 0 aromatic heterocycles. The average Bonchev–Trinajstić information content (AvgIpc) is 2.63. The van der Waals surface area contributed by atoms with Crippen molar-refractivity contribution in [1.82, 2.24) is 0 Å². The Balaban J connectivity index is 2.04. The van der Waals surface area contributed by atoms with Gasteiger partial charge >= 0.3 is 11.7 Å². The molecule has 0 saturated heterocycles. The van der Waals surface area contributed by atoms with E-state index < -0.39 is 23.4 Å². The predicted octanol–water partition coefficient (Wildman–Crippen LogP) is 2.94. The Morgan fingerprint density at radius 2 is 2.00 bits per heavy atom. The van der Waals surface area contributed by atoms with Crippen LogP contribution in [0.25, 0.3) is 0 Å². The van der Waals surface area contributed by atoms with Crippen LogP contribution < -0.4 is 15.8 Å². The maximum atomic E-state index is 12.0. The van der Waals surface area contributed by atoms with Crippen molar-refractivity contribution in [1.29, 1.82) is 0 Å². The number of methoxy groups -OCH3 is 1. The van der Waals surface area contributed by atoms with Crippen molar-refractivity contribution in [3.8, 4) is 5.75 Å². The zero-order chi connectivity index (χ0) is 20.1. The summed E-state index contributed by atoms with van der Waals surface area (Å²) in [6.07, 6.45) is 0. The normalized spacial score (nSPS) is 10.2. The molecule has 2 aromatic carbocycles. The van der Waals surface area contributed by atoms with Crippen molar-refractivity contribution in [2.75, 3.05) is 24.8 Å². The molecule has 2 aromatic rings. The maximum absolute atomic E-state index is 12.0. The van der Waals surface area contributed by atoms with Crippen LogP contribution in [0.15, 0.2) is 30.3 Å². The Labute approximate surface area is 159 Å². The number of aryl methyl sites for hydroxylation is 1. The van der Waals surface area contributed by atoms with Crippen molar-refractivity contribution in [2.45, 2.75) is 6.92 Å². The lowest BCUT2D eigenvalue weighted by Crippen LogP contribution is -2.21. The number of carbonyl (C=O) groups is 2. The molecule has 0 atom stereocenters. The third-order valence-corrected chi connectivity index (χ3v) is 3.91. The van der Waals surface area contributed by atoms with Crippen molar-refractivity contribution in [3.05, 3.63) is 56.6 Å². The van der Waals surface area contributed by atoms with Gasteiger partial charge in [-0.05, 0) is 30.7 Å². The van der Waals surface area contributed by atoms with Gasteiger partial charge in [0.25, 0.3) is 5.91 Å². The maximum Gasteiger partial charge on any atom is 0.338 e. The van der Waals surface area contributed by atoms with E-state index >= 15 is 0 Å². The number of carbonyl (C=O) groups excluding carboxylic acids is 2. The molecule has 0 bridgehead atoms. The van der Waals surface area contributed by atoms with E-state index in [0.717, 1.165) is 0 Å². The van der Waals surface area contributed by atoms with Crippen molar-refractivity contribution in [2.24, 2.45) is 0 Å². The first-order valence-electron chi connectivity index (χ1n) is 7.58. The predicted molar refractivity (Wildman–Crippen MR) is 99.2 cm³/mol. The highest BCUT2D eigenvalue weighted by Crippen LogP contribution is 2.32. The van der Waals surface area contributed by atoms with E-state index in [4.69, 9.17) is 26.8 Å². The minimum Gasteiger partial charge on any atom is -0.490 e. The Morgan fingerprint density at radius 1 is 1.30 bits per heavy atom. The summed E-state index contributed by atoms with van der Waals surface area (Å²) in [5.74, 6) is -1.37. The molecule has 0 spiro atoms. The number of esters is 1. The van der Waals surface area contributed by atoms with E-state index in [-0.39, 0.29) is 22.7 Å². The van der Waals surface area contributed by atoms with E-state index in [2.05, 4.69) is 5.32 Å². The van der Waals surface area contributed by atoms with Crippen LogP contribution in [0, 0.1) is 17.0 Å². The molecular weight excluding hydrogens is 378 g/mol. The molecule has 2 rings (SSSR count). The van der Waals surface area contributed by atoms with Crippen LogP contribution in [0.4, 0.5) is 17.1 Å². The molecule has 10 heteroatoms. The van der Waals surface area contributed by atoms with Gasteiger partial charge in [0.05, 0.1) is 28.3 Å². The molecule has 142 valence electrons. The van der Waals surface area contributed by atoms with Crippen LogP contribution in [0.2, 0.25) is 5.02 Å². The number of benzene rings is 2. The molecule has 0 aliphatic rings. The molecule has 0 aliphatic carbocycles. The van der Waals surface area contributed by atoms with Gasteiger partial charge in [-0.15, -0.1) is 0 Å². The monoisotopic (exact) mass is 393 g/mol. The first-order chi connectivity index (χ1) is 12.7. The fourth-order valence-electron chi connectivity index (χ4n) is 2.19. The van der Waals surface area contributed by atoms with Gasteiger partial charge in [0.1, 0.15) is 0 Å². The zero-order valence-electron chi connectivity index (χ0n) is 14.4. The number of nitrogens with zero attached hydrogens (tertiary/aromatic N) is 1. The van der Waals surface area contributed by atoms with Crippen LogP contribution in [0.5, 0.6) is 5.75 Å². The van der Waals surface area contributed by atoms with Crippen LogP contribution in [-0.2, 0) is 9.53 Å².